The number of carbonyl (C=O) groups excluding carboxylic acids is 2. The fraction of sp³-hybridized carbons (Fsp3) is 0.391. The van der Waals surface area contributed by atoms with Crippen LogP contribution < -0.4 is 20.1 Å². The average molecular weight is 410 g/mol. The largest absolute Gasteiger partial charge is 0.482 e. The van der Waals surface area contributed by atoms with E-state index in [0.717, 1.165) is 11.1 Å². The molecule has 158 valence electrons. The highest BCUT2D eigenvalue weighted by Gasteiger charge is 2.49. The van der Waals surface area contributed by atoms with Crippen LogP contribution >= 0.6 is 0 Å². The molecule has 2 amide bonds. The first-order valence-electron chi connectivity index (χ1n) is 9.97. The Morgan fingerprint density at radius 2 is 1.93 bits per heavy atom. The lowest BCUT2D eigenvalue weighted by Crippen LogP contribution is -2.69. The Hall–Kier alpha value is -3.22. The van der Waals surface area contributed by atoms with Crippen molar-refractivity contribution in [3.8, 4) is 11.5 Å². The summed E-state index contributed by atoms with van der Waals surface area (Å²) in [6.45, 7) is 3.79. The highest BCUT2D eigenvalue weighted by atomic mass is 16.6. The maximum atomic E-state index is 12.4. The van der Waals surface area contributed by atoms with Gasteiger partial charge < -0.3 is 24.8 Å². The molecule has 30 heavy (non-hydrogen) atoms. The second kappa shape index (κ2) is 7.55. The summed E-state index contributed by atoms with van der Waals surface area (Å²) in [5, 5.41) is 5.97. The molecule has 0 bridgehead atoms. The maximum Gasteiger partial charge on any atom is 0.343 e. The van der Waals surface area contributed by atoms with Gasteiger partial charge in [0.25, 0.3) is 0 Å². The molecule has 2 aromatic rings. The van der Waals surface area contributed by atoms with E-state index < -0.39 is 17.2 Å². The Bertz CT molecular complexity index is 959. The molecule has 0 unspecified atom stereocenters. The van der Waals surface area contributed by atoms with Crippen molar-refractivity contribution in [3.63, 3.8) is 0 Å². The molecule has 2 aliphatic heterocycles. The summed E-state index contributed by atoms with van der Waals surface area (Å²) in [5.74, 6) is 0.719. The lowest BCUT2D eigenvalue weighted by Gasteiger charge is -2.49. The van der Waals surface area contributed by atoms with Crippen molar-refractivity contribution in [2.24, 2.45) is 0 Å². The number of benzene rings is 2. The molecule has 2 aromatic carbocycles. The fourth-order valence-electron chi connectivity index (χ4n) is 4.39. The molecule has 2 aliphatic rings. The number of ether oxygens (including phenoxy) is 3. The minimum atomic E-state index is -0.847. The molecule has 0 radical (unpaired) electrons. The second-order valence-electron chi connectivity index (χ2n) is 8.47. The Labute approximate surface area is 175 Å². The van der Waals surface area contributed by atoms with Gasteiger partial charge in [0.15, 0.2) is 12.3 Å². The van der Waals surface area contributed by atoms with Gasteiger partial charge in [-0.1, -0.05) is 36.4 Å². The number of fused-ring (bicyclic) bond motifs is 1. The predicted molar refractivity (Wildman–Crippen MR) is 111 cm³/mol. The zero-order valence-corrected chi connectivity index (χ0v) is 17.4. The van der Waals surface area contributed by atoms with Crippen LogP contribution in [0.1, 0.15) is 43.7 Å². The van der Waals surface area contributed by atoms with Crippen molar-refractivity contribution in [1.82, 2.24) is 10.6 Å². The minimum Gasteiger partial charge on any atom is -0.482 e. The van der Waals surface area contributed by atoms with E-state index in [1.807, 2.05) is 44.2 Å². The van der Waals surface area contributed by atoms with Gasteiger partial charge in [-0.3, -0.25) is 0 Å². The van der Waals surface area contributed by atoms with Gasteiger partial charge in [0.05, 0.1) is 7.11 Å². The molecular weight excluding hydrogens is 384 g/mol. The Balaban J connectivity index is 1.73. The second-order valence-corrected chi connectivity index (χ2v) is 8.47. The van der Waals surface area contributed by atoms with Gasteiger partial charge >= 0.3 is 12.0 Å². The first-order chi connectivity index (χ1) is 14.3. The molecule has 7 nitrogen and oxygen atoms in total. The van der Waals surface area contributed by atoms with E-state index in [1.54, 1.807) is 6.07 Å². The molecule has 2 heterocycles. The Morgan fingerprint density at radius 3 is 2.63 bits per heavy atom. The topological polar surface area (TPSA) is 85.9 Å². The van der Waals surface area contributed by atoms with Crippen molar-refractivity contribution in [2.75, 3.05) is 13.7 Å². The number of nitrogens with one attached hydrogen (secondary N) is 2. The van der Waals surface area contributed by atoms with Crippen molar-refractivity contribution in [1.29, 1.82) is 0 Å². The van der Waals surface area contributed by atoms with E-state index in [1.165, 1.54) is 7.11 Å². The van der Waals surface area contributed by atoms with Crippen LogP contribution in [0.4, 0.5) is 4.79 Å². The van der Waals surface area contributed by atoms with E-state index in [0.29, 0.717) is 24.3 Å². The SMILES string of the molecule is COC(=O)COc1ccc2c(c1)O[C@@]1(C[C@@H]2c2ccccc2)CC(C)(C)NC(=O)N1. The van der Waals surface area contributed by atoms with Gasteiger partial charge in [-0.25, -0.2) is 9.59 Å². The van der Waals surface area contributed by atoms with Crippen LogP contribution in [-0.4, -0.2) is 37.0 Å². The number of carbonyl (C=O) groups is 2. The van der Waals surface area contributed by atoms with Crippen LogP contribution in [0.15, 0.2) is 48.5 Å². The van der Waals surface area contributed by atoms with E-state index in [4.69, 9.17) is 9.47 Å². The first-order valence-corrected chi connectivity index (χ1v) is 9.97. The predicted octanol–water partition coefficient (Wildman–Crippen LogP) is 3.33. The highest BCUT2D eigenvalue weighted by molar-refractivity contribution is 5.77. The lowest BCUT2D eigenvalue weighted by atomic mass is 9.77. The third-order valence-electron chi connectivity index (χ3n) is 5.51. The molecule has 4 rings (SSSR count). The van der Waals surface area contributed by atoms with Crippen molar-refractivity contribution >= 4 is 12.0 Å². The number of esters is 1. The van der Waals surface area contributed by atoms with Gasteiger partial charge in [-0.05, 0) is 25.5 Å². The Kier molecular flexibility index (Phi) is 5.05. The van der Waals surface area contributed by atoms with Crippen molar-refractivity contribution in [3.05, 3.63) is 59.7 Å². The van der Waals surface area contributed by atoms with Crippen LogP contribution in [0.5, 0.6) is 11.5 Å². The number of rotatable bonds is 4. The minimum absolute atomic E-state index is 0.0406. The van der Waals surface area contributed by atoms with Gasteiger partial charge in [-0.2, -0.15) is 0 Å². The number of urea groups is 1. The zero-order chi connectivity index (χ0) is 21.4. The summed E-state index contributed by atoms with van der Waals surface area (Å²) in [7, 11) is 1.32. The van der Waals surface area contributed by atoms with Crippen LogP contribution in [0.3, 0.4) is 0 Å². The molecule has 0 aliphatic carbocycles. The van der Waals surface area contributed by atoms with E-state index in [9.17, 15) is 9.59 Å². The Morgan fingerprint density at radius 1 is 1.17 bits per heavy atom. The van der Waals surface area contributed by atoms with Gasteiger partial charge in [-0.15, -0.1) is 0 Å². The average Bonchev–Trinajstić information content (AvgIpc) is 2.70. The maximum absolute atomic E-state index is 12.4. The number of methoxy groups -OCH3 is 1. The van der Waals surface area contributed by atoms with Crippen molar-refractivity contribution in [2.45, 2.75) is 43.9 Å². The zero-order valence-electron chi connectivity index (χ0n) is 17.4. The molecule has 7 heteroatoms. The lowest BCUT2D eigenvalue weighted by molar-refractivity contribution is -0.142. The van der Waals surface area contributed by atoms with Crippen LogP contribution in [-0.2, 0) is 9.53 Å². The standard InChI is InChI=1S/C23H26N2O5/c1-22(2)14-23(25-21(27)24-22)12-18(15-7-5-4-6-8-15)17-10-9-16(11-19(17)30-23)29-13-20(26)28-3/h4-11,18H,12-14H2,1-3H3,(H2,24,25,27)/t18-,23+/m1/s1. The van der Waals surface area contributed by atoms with Crippen molar-refractivity contribution < 1.29 is 23.8 Å². The molecule has 0 saturated carbocycles. The highest BCUT2D eigenvalue weighted by Crippen LogP contribution is 2.47. The monoisotopic (exact) mass is 410 g/mol. The summed E-state index contributed by atoms with van der Waals surface area (Å²) in [6, 6.07) is 15.5. The van der Waals surface area contributed by atoms with Gasteiger partial charge in [0, 0.05) is 35.9 Å². The van der Waals surface area contributed by atoms with Crippen LogP contribution in [0.25, 0.3) is 0 Å². The summed E-state index contributed by atoms with van der Waals surface area (Å²) in [4.78, 5) is 23.8. The van der Waals surface area contributed by atoms with Gasteiger partial charge in [0.1, 0.15) is 11.5 Å². The van der Waals surface area contributed by atoms with E-state index in [-0.39, 0.29) is 18.6 Å². The summed E-state index contributed by atoms with van der Waals surface area (Å²) in [5.41, 5.74) is 0.901. The van der Waals surface area contributed by atoms with E-state index >= 15 is 0 Å². The third kappa shape index (κ3) is 4.06. The number of hydrogen-bond donors (Lipinski definition) is 2. The number of amides is 2. The summed E-state index contributed by atoms with van der Waals surface area (Å²) >= 11 is 0. The third-order valence-corrected chi connectivity index (χ3v) is 5.51. The first kappa shape index (κ1) is 20.1. The summed E-state index contributed by atoms with van der Waals surface area (Å²) < 4.78 is 16.6. The van der Waals surface area contributed by atoms with E-state index in [2.05, 4.69) is 27.5 Å². The molecule has 1 fully saturated rings. The van der Waals surface area contributed by atoms with Crippen LogP contribution in [0, 0.1) is 0 Å². The molecule has 2 N–H and O–H groups in total. The van der Waals surface area contributed by atoms with Gasteiger partial charge in [0.2, 0.25) is 0 Å². The smallest absolute Gasteiger partial charge is 0.343 e. The molecule has 0 aromatic heterocycles. The molecular formula is C23H26N2O5. The molecule has 1 spiro atoms. The summed E-state index contributed by atoms with van der Waals surface area (Å²) in [6.07, 6.45) is 1.21. The molecule has 2 atom stereocenters. The quantitative estimate of drug-likeness (QED) is 0.755. The molecule has 1 saturated heterocycles. The normalized spacial score (nSPS) is 24.1. The number of hydrogen-bond acceptors (Lipinski definition) is 5. The fourth-order valence-corrected chi connectivity index (χ4v) is 4.39. The van der Waals surface area contributed by atoms with Crippen LogP contribution in [0.2, 0.25) is 0 Å².